The van der Waals surface area contributed by atoms with Crippen LogP contribution in [0, 0.1) is 11.3 Å². The molecule has 1 amide bonds. The van der Waals surface area contributed by atoms with Gasteiger partial charge in [-0.15, -0.1) is 0 Å². The molecule has 1 rings (SSSR count). The zero-order chi connectivity index (χ0) is 12.8. The van der Waals surface area contributed by atoms with Crippen molar-refractivity contribution in [3.8, 4) is 6.07 Å². The Morgan fingerprint density at radius 3 is 2.82 bits per heavy atom. The van der Waals surface area contributed by atoms with Gasteiger partial charge in [0.2, 0.25) is 5.91 Å². The van der Waals surface area contributed by atoms with Crippen LogP contribution in [-0.2, 0) is 4.79 Å². The molecule has 90 valence electrons. The number of benzene rings is 1. The van der Waals surface area contributed by atoms with Crippen LogP contribution in [0.5, 0.6) is 0 Å². The standard InChI is InChI=1S/C12H14BrN3O/c1-3-16(8-12(17)15-2)11-5-4-10(13)6-9(11)7-14/h4-6H,3,8H2,1-2H3,(H,15,17). The largest absolute Gasteiger partial charge is 0.361 e. The molecule has 0 aliphatic rings. The molecule has 0 saturated carbocycles. The summed E-state index contributed by atoms with van der Waals surface area (Å²) in [5.74, 6) is -0.0707. The van der Waals surface area contributed by atoms with Gasteiger partial charge in [-0.05, 0) is 25.1 Å². The molecule has 0 saturated heterocycles. The van der Waals surface area contributed by atoms with Crippen LogP contribution in [0.1, 0.15) is 12.5 Å². The van der Waals surface area contributed by atoms with Crippen LogP contribution in [0.4, 0.5) is 5.69 Å². The zero-order valence-corrected chi connectivity index (χ0v) is 11.4. The molecule has 0 aliphatic carbocycles. The minimum atomic E-state index is -0.0707. The first kappa shape index (κ1) is 13.5. The topological polar surface area (TPSA) is 56.1 Å². The van der Waals surface area contributed by atoms with E-state index in [0.717, 1.165) is 10.2 Å². The molecule has 0 fully saturated rings. The third-order valence-corrected chi connectivity index (χ3v) is 2.91. The van der Waals surface area contributed by atoms with Gasteiger partial charge in [0.05, 0.1) is 17.8 Å². The normalized spacial score (nSPS) is 9.53. The Bertz CT molecular complexity index is 454. The molecule has 1 aromatic carbocycles. The number of anilines is 1. The van der Waals surface area contributed by atoms with Gasteiger partial charge >= 0.3 is 0 Å². The molecule has 1 aromatic rings. The second-order valence-electron chi connectivity index (χ2n) is 3.46. The highest BCUT2D eigenvalue weighted by Gasteiger charge is 2.12. The summed E-state index contributed by atoms with van der Waals surface area (Å²) in [6, 6.07) is 7.60. The highest BCUT2D eigenvalue weighted by Crippen LogP contribution is 2.23. The molecule has 0 atom stereocenters. The Hall–Kier alpha value is -1.54. The van der Waals surface area contributed by atoms with Gasteiger partial charge in [0, 0.05) is 18.1 Å². The summed E-state index contributed by atoms with van der Waals surface area (Å²) in [6.07, 6.45) is 0. The third kappa shape index (κ3) is 3.46. The van der Waals surface area contributed by atoms with Gasteiger partial charge in [-0.2, -0.15) is 5.26 Å². The Balaban J connectivity index is 3.04. The lowest BCUT2D eigenvalue weighted by atomic mass is 10.1. The average molecular weight is 296 g/mol. The lowest BCUT2D eigenvalue weighted by Gasteiger charge is -2.23. The number of amides is 1. The number of likely N-dealkylation sites (N-methyl/N-ethyl adjacent to an activating group) is 2. The molecule has 4 nitrogen and oxygen atoms in total. The first-order valence-corrected chi connectivity index (χ1v) is 6.06. The van der Waals surface area contributed by atoms with Crippen LogP contribution in [-0.4, -0.2) is 26.0 Å². The number of nitrogens with one attached hydrogen (secondary N) is 1. The van der Waals surface area contributed by atoms with E-state index < -0.39 is 0 Å². The van der Waals surface area contributed by atoms with E-state index in [-0.39, 0.29) is 12.5 Å². The Morgan fingerprint density at radius 1 is 1.59 bits per heavy atom. The van der Waals surface area contributed by atoms with Crippen LogP contribution >= 0.6 is 15.9 Å². The Morgan fingerprint density at radius 2 is 2.29 bits per heavy atom. The van der Waals surface area contributed by atoms with E-state index in [1.807, 2.05) is 24.0 Å². The van der Waals surface area contributed by atoms with Gasteiger partial charge in [-0.1, -0.05) is 15.9 Å². The number of halogens is 1. The van der Waals surface area contributed by atoms with Crippen molar-refractivity contribution >= 4 is 27.5 Å². The fourth-order valence-electron chi connectivity index (χ4n) is 1.49. The number of carbonyl (C=O) groups is 1. The van der Waals surface area contributed by atoms with Crippen molar-refractivity contribution in [1.82, 2.24) is 5.32 Å². The van der Waals surface area contributed by atoms with Crippen molar-refractivity contribution in [1.29, 1.82) is 5.26 Å². The molecule has 1 N–H and O–H groups in total. The smallest absolute Gasteiger partial charge is 0.239 e. The van der Waals surface area contributed by atoms with E-state index in [9.17, 15) is 4.79 Å². The van der Waals surface area contributed by atoms with Crippen molar-refractivity contribution in [2.45, 2.75) is 6.92 Å². The van der Waals surface area contributed by atoms with E-state index in [1.54, 1.807) is 13.1 Å². The summed E-state index contributed by atoms with van der Waals surface area (Å²) in [4.78, 5) is 13.2. The van der Waals surface area contributed by atoms with E-state index in [1.165, 1.54) is 0 Å². The monoisotopic (exact) mass is 295 g/mol. The number of carbonyl (C=O) groups excluding carboxylic acids is 1. The predicted octanol–water partition coefficient (Wildman–Crippen LogP) is 1.89. The van der Waals surface area contributed by atoms with Gasteiger partial charge in [0.15, 0.2) is 0 Å². The molecule has 0 radical (unpaired) electrons. The summed E-state index contributed by atoms with van der Waals surface area (Å²) in [5.41, 5.74) is 1.34. The van der Waals surface area contributed by atoms with Crippen molar-refractivity contribution in [3.63, 3.8) is 0 Å². The van der Waals surface area contributed by atoms with Crippen molar-refractivity contribution < 1.29 is 4.79 Å². The summed E-state index contributed by atoms with van der Waals surface area (Å²) in [5, 5.41) is 11.7. The second-order valence-corrected chi connectivity index (χ2v) is 4.38. The fourth-order valence-corrected chi connectivity index (χ4v) is 1.85. The summed E-state index contributed by atoms with van der Waals surface area (Å²) < 4.78 is 0.855. The van der Waals surface area contributed by atoms with Crippen LogP contribution in [0.15, 0.2) is 22.7 Å². The molecule has 0 unspecified atom stereocenters. The van der Waals surface area contributed by atoms with E-state index in [0.29, 0.717) is 12.1 Å². The van der Waals surface area contributed by atoms with Crippen molar-refractivity contribution in [3.05, 3.63) is 28.2 Å². The molecule has 0 bridgehead atoms. The van der Waals surface area contributed by atoms with Gasteiger partial charge < -0.3 is 10.2 Å². The molecule has 0 heterocycles. The number of nitriles is 1. The van der Waals surface area contributed by atoms with Gasteiger partial charge in [-0.3, -0.25) is 4.79 Å². The summed E-state index contributed by atoms with van der Waals surface area (Å²) in [6.45, 7) is 2.87. The average Bonchev–Trinajstić information content (AvgIpc) is 2.35. The second kappa shape index (κ2) is 6.26. The molecule has 0 aromatic heterocycles. The maximum absolute atomic E-state index is 11.4. The van der Waals surface area contributed by atoms with Crippen LogP contribution in [0.25, 0.3) is 0 Å². The molecule has 17 heavy (non-hydrogen) atoms. The van der Waals surface area contributed by atoms with E-state index in [4.69, 9.17) is 5.26 Å². The third-order valence-electron chi connectivity index (χ3n) is 2.41. The molecule has 5 heteroatoms. The van der Waals surface area contributed by atoms with Gasteiger partial charge in [-0.25, -0.2) is 0 Å². The van der Waals surface area contributed by atoms with Crippen molar-refractivity contribution in [2.75, 3.05) is 25.0 Å². The number of hydrogen-bond acceptors (Lipinski definition) is 3. The van der Waals surface area contributed by atoms with E-state index in [2.05, 4.69) is 27.3 Å². The maximum atomic E-state index is 11.4. The zero-order valence-electron chi connectivity index (χ0n) is 9.83. The lowest BCUT2D eigenvalue weighted by molar-refractivity contribution is -0.119. The quantitative estimate of drug-likeness (QED) is 0.923. The first-order chi connectivity index (χ1) is 8.12. The SMILES string of the molecule is CCN(CC(=O)NC)c1ccc(Br)cc1C#N. The molecule has 0 spiro atoms. The maximum Gasteiger partial charge on any atom is 0.239 e. The lowest BCUT2D eigenvalue weighted by Crippen LogP contribution is -2.35. The first-order valence-electron chi connectivity index (χ1n) is 5.27. The van der Waals surface area contributed by atoms with Gasteiger partial charge in [0.25, 0.3) is 0 Å². The van der Waals surface area contributed by atoms with Crippen LogP contribution in [0.2, 0.25) is 0 Å². The fraction of sp³-hybridized carbons (Fsp3) is 0.333. The van der Waals surface area contributed by atoms with Crippen LogP contribution < -0.4 is 10.2 Å². The minimum absolute atomic E-state index is 0.0707. The highest BCUT2D eigenvalue weighted by molar-refractivity contribution is 9.10. The van der Waals surface area contributed by atoms with Gasteiger partial charge in [0.1, 0.15) is 6.07 Å². The predicted molar refractivity (Wildman–Crippen MR) is 70.8 cm³/mol. The molecule has 0 aliphatic heterocycles. The van der Waals surface area contributed by atoms with Crippen molar-refractivity contribution in [2.24, 2.45) is 0 Å². The Kier molecular flexibility index (Phi) is 4.98. The number of nitrogens with zero attached hydrogens (tertiary/aromatic N) is 2. The van der Waals surface area contributed by atoms with Crippen LogP contribution in [0.3, 0.4) is 0 Å². The summed E-state index contributed by atoms with van der Waals surface area (Å²) in [7, 11) is 1.60. The molecular formula is C12H14BrN3O. The number of rotatable bonds is 4. The minimum Gasteiger partial charge on any atom is -0.361 e. The number of hydrogen-bond donors (Lipinski definition) is 1. The summed E-state index contributed by atoms with van der Waals surface area (Å²) >= 11 is 3.32. The van der Waals surface area contributed by atoms with E-state index >= 15 is 0 Å². The highest BCUT2D eigenvalue weighted by atomic mass is 79.9. The molecular weight excluding hydrogens is 282 g/mol. The Labute approximate surface area is 109 Å².